The van der Waals surface area contributed by atoms with Gasteiger partial charge in [0.15, 0.2) is 0 Å². The highest BCUT2D eigenvalue weighted by atomic mass is 19.4. The second kappa shape index (κ2) is 7.64. The third-order valence-electron chi connectivity index (χ3n) is 3.43. The van der Waals surface area contributed by atoms with Crippen molar-refractivity contribution in [1.29, 1.82) is 0 Å². The first-order valence-electron chi connectivity index (χ1n) is 7.02. The van der Waals surface area contributed by atoms with E-state index in [9.17, 15) is 17.6 Å². The molecule has 0 heterocycles. The van der Waals surface area contributed by atoms with Crippen molar-refractivity contribution < 1.29 is 17.6 Å². The van der Waals surface area contributed by atoms with Crippen LogP contribution in [0.15, 0.2) is 18.2 Å². The summed E-state index contributed by atoms with van der Waals surface area (Å²) in [5.74, 6) is -0.871. The molecule has 0 aliphatic rings. The number of hydrogen-bond acceptors (Lipinski definition) is 2. The van der Waals surface area contributed by atoms with Crippen molar-refractivity contribution in [2.75, 3.05) is 25.5 Å². The van der Waals surface area contributed by atoms with Gasteiger partial charge >= 0.3 is 6.18 Å². The molecule has 0 saturated carbocycles. The smallest absolute Gasteiger partial charge is 0.383 e. The summed E-state index contributed by atoms with van der Waals surface area (Å²) in [6.45, 7) is 5.69. The minimum atomic E-state index is -4.51. The fraction of sp³-hybridized carbons (Fsp3) is 0.600. The van der Waals surface area contributed by atoms with E-state index in [0.717, 1.165) is 31.5 Å². The summed E-state index contributed by atoms with van der Waals surface area (Å²) in [6, 6.07) is 3.02. The maximum absolute atomic E-state index is 13.6. The number of benzene rings is 1. The van der Waals surface area contributed by atoms with E-state index in [1.54, 1.807) is 0 Å². The molecule has 0 aliphatic heterocycles. The highest BCUT2D eigenvalue weighted by Gasteiger charge is 2.31. The lowest BCUT2D eigenvalue weighted by molar-refractivity contribution is -0.137. The zero-order valence-corrected chi connectivity index (χ0v) is 12.6. The predicted molar refractivity (Wildman–Crippen MR) is 76.9 cm³/mol. The van der Waals surface area contributed by atoms with Crippen LogP contribution in [0.25, 0.3) is 0 Å². The molecule has 21 heavy (non-hydrogen) atoms. The van der Waals surface area contributed by atoms with E-state index in [-0.39, 0.29) is 5.69 Å². The Morgan fingerprint density at radius 1 is 1.19 bits per heavy atom. The van der Waals surface area contributed by atoms with Crippen LogP contribution in [0.4, 0.5) is 23.2 Å². The van der Waals surface area contributed by atoms with Gasteiger partial charge in [0.25, 0.3) is 0 Å². The van der Waals surface area contributed by atoms with E-state index >= 15 is 0 Å². The Labute approximate surface area is 123 Å². The van der Waals surface area contributed by atoms with Crippen molar-refractivity contribution in [3.63, 3.8) is 0 Å². The molecule has 0 atom stereocenters. The van der Waals surface area contributed by atoms with Crippen molar-refractivity contribution in [3.8, 4) is 0 Å². The lowest BCUT2D eigenvalue weighted by Crippen LogP contribution is -2.27. The minimum Gasteiger partial charge on any atom is -0.383 e. The number of alkyl halides is 3. The first-order chi connectivity index (χ1) is 9.71. The van der Waals surface area contributed by atoms with Crippen molar-refractivity contribution >= 4 is 5.69 Å². The van der Waals surface area contributed by atoms with Gasteiger partial charge in [-0.1, -0.05) is 0 Å². The molecular weight excluding hydrogens is 284 g/mol. The summed E-state index contributed by atoms with van der Waals surface area (Å²) in [6.07, 6.45) is -2.73. The maximum atomic E-state index is 13.6. The molecule has 0 unspecified atom stereocenters. The molecule has 0 aromatic heterocycles. The fourth-order valence-electron chi connectivity index (χ4n) is 1.80. The van der Waals surface area contributed by atoms with E-state index < -0.39 is 17.6 Å². The van der Waals surface area contributed by atoms with Crippen LogP contribution < -0.4 is 5.32 Å². The van der Waals surface area contributed by atoms with Crippen LogP contribution in [0, 0.1) is 5.82 Å². The van der Waals surface area contributed by atoms with Crippen LogP contribution in [0.5, 0.6) is 0 Å². The highest BCUT2D eigenvalue weighted by molar-refractivity contribution is 5.46. The number of rotatable bonds is 7. The second-order valence-electron chi connectivity index (χ2n) is 5.40. The van der Waals surface area contributed by atoms with Crippen molar-refractivity contribution in [2.24, 2.45) is 0 Å². The third-order valence-corrected chi connectivity index (χ3v) is 3.43. The average Bonchev–Trinajstić information content (AvgIpc) is 2.38. The van der Waals surface area contributed by atoms with Gasteiger partial charge in [0.2, 0.25) is 0 Å². The molecule has 0 saturated heterocycles. The third kappa shape index (κ3) is 5.91. The molecule has 0 spiro atoms. The van der Waals surface area contributed by atoms with Gasteiger partial charge < -0.3 is 10.2 Å². The van der Waals surface area contributed by atoms with Gasteiger partial charge in [-0.05, 0) is 58.5 Å². The molecule has 120 valence electrons. The molecule has 1 N–H and O–H groups in total. The SMILES string of the molecule is CC(C)N(C)CCCCNc1ccc(C(F)(F)F)cc1F. The van der Waals surface area contributed by atoms with Crippen molar-refractivity contribution in [3.05, 3.63) is 29.6 Å². The van der Waals surface area contributed by atoms with Crippen LogP contribution in [-0.2, 0) is 6.18 Å². The Morgan fingerprint density at radius 3 is 2.38 bits per heavy atom. The largest absolute Gasteiger partial charge is 0.416 e. The van der Waals surface area contributed by atoms with Crippen molar-refractivity contribution in [2.45, 2.75) is 38.9 Å². The first-order valence-corrected chi connectivity index (χ1v) is 7.02. The summed E-state index contributed by atoms with van der Waals surface area (Å²) >= 11 is 0. The Hall–Kier alpha value is -1.30. The molecule has 2 nitrogen and oxygen atoms in total. The number of nitrogens with one attached hydrogen (secondary N) is 1. The number of halogens is 4. The molecule has 1 aromatic rings. The zero-order valence-electron chi connectivity index (χ0n) is 12.6. The molecule has 0 aliphatic carbocycles. The van der Waals surface area contributed by atoms with Gasteiger partial charge in [0.1, 0.15) is 5.82 Å². The quantitative estimate of drug-likeness (QED) is 0.594. The van der Waals surface area contributed by atoms with E-state index in [0.29, 0.717) is 18.7 Å². The summed E-state index contributed by atoms with van der Waals surface area (Å²) < 4.78 is 50.8. The Morgan fingerprint density at radius 2 is 1.86 bits per heavy atom. The molecule has 0 amide bonds. The number of unbranched alkanes of at least 4 members (excludes halogenated alkanes) is 1. The van der Waals surface area contributed by atoms with Crippen molar-refractivity contribution in [1.82, 2.24) is 4.90 Å². The topological polar surface area (TPSA) is 15.3 Å². The van der Waals surface area contributed by atoms with Gasteiger partial charge in [-0.15, -0.1) is 0 Å². The summed E-state index contributed by atoms with van der Waals surface area (Å²) in [5, 5.41) is 2.83. The van der Waals surface area contributed by atoms with E-state index in [1.807, 2.05) is 7.05 Å². The fourth-order valence-corrected chi connectivity index (χ4v) is 1.80. The summed E-state index contributed by atoms with van der Waals surface area (Å²) in [4.78, 5) is 2.21. The average molecular weight is 306 g/mol. The van der Waals surface area contributed by atoms with Crippen LogP contribution in [0.2, 0.25) is 0 Å². The number of hydrogen-bond donors (Lipinski definition) is 1. The van der Waals surface area contributed by atoms with Gasteiger partial charge in [-0.3, -0.25) is 0 Å². The lowest BCUT2D eigenvalue weighted by atomic mass is 10.2. The zero-order chi connectivity index (χ0) is 16.0. The van der Waals surface area contributed by atoms with Gasteiger partial charge in [-0.2, -0.15) is 13.2 Å². The first kappa shape index (κ1) is 17.8. The van der Waals surface area contributed by atoms with Gasteiger partial charge in [-0.25, -0.2) is 4.39 Å². The lowest BCUT2D eigenvalue weighted by Gasteiger charge is -2.20. The number of anilines is 1. The Balaban J connectivity index is 2.40. The van der Waals surface area contributed by atoms with Gasteiger partial charge in [0, 0.05) is 12.6 Å². The molecule has 6 heteroatoms. The number of nitrogens with zero attached hydrogens (tertiary/aromatic N) is 1. The van der Waals surface area contributed by atoms with Crippen LogP contribution in [0.3, 0.4) is 0 Å². The highest BCUT2D eigenvalue weighted by Crippen LogP contribution is 2.31. The van der Waals surface area contributed by atoms with Gasteiger partial charge in [0.05, 0.1) is 11.3 Å². The van der Waals surface area contributed by atoms with E-state index in [2.05, 4.69) is 24.1 Å². The van der Waals surface area contributed by atoms with Crippen LogP contribution >= 0.6 is 0 Å². The summed E-state index contributed by atoms with van der Waals surface area (Å²) in [5.41, 5.74) is -0.857. The normalized spacial score (nSPS) is 12.2. The second-order valence-corrected chi connectivity index (χ2v) is 5.40. The van der Waals surface area contributed by atoms with E-state index in [1.165, 1.54) is 0 Å². The molecule has 0 fully saturated rings. The minimum absolute atomic E-state index is 0.111. The standard InChI is InChI=1S/C15H22F4N2/c1-11(2)21(3)9-5-4-8-20-14-7-6-12(10-13(14)16)15(17,18)19/h6-7,10-11,20H,4-5,8-9H2,1-3H3. The molecular formula is C15H22F4N2. The van der Waals surface area contributed by atoms with E-state index in [4.69, 9.17) is 0 Å². The molecule has 0 bridgehead atoms. The predicted octanol–water partition coefficient (Wildman–Crippen LogP) is 4.38. The maximum Gasteiger partial charge on any atom is 0.416 e. The van der Waals surface area contributed by atoms with Crippen LogP contribution in [0.1, 0.15) is 32.3 Å². The summed E-state index contributed by atoms with van der Waals surface area (Å²) in [7, 11) is 2.04. The monoisotopic (exact) mass is 306 g/mol. The molecule has 1 rings (SSSR count). The Kier molecular flexibility index (Phi) is 6.45. The molecule has 1 aromatic carbocycles. The molecule has 0 radical (unpaired) electrons. The Bertz CT molecular complexity index is 444. The van der Waals surface area contributed by atoms with Crippen LogP contribution in [-0.4, -0.2) is 31.1 Å².